The van der Waals surface area contributed by atoms with E-state index in [2.05, 4.69) is 5.32 Å². The van der Waals surface area contributed by atoms with Crippen molar-refractivity contribution >= 4 is 27.5 Å². The summed E-state index contributed by atoms with van der Waals surface area (Å²) in [7, 11) is -4.42. The molecule has 42 heavy (non-hydrogen) atoms. The first-order valence-corrected chi connectivity index (χ1v) is 14.9. The third-order valence-electron chi connectivity index (χ3n) is 6.65. The molecule has 1 aliphatic rings. The molecule has 0 aromatic heterocycles. The number of carbonyl (C=O) groups excluding carboxylic acids is 2. The lowest BCUT2D eigenvalue weighted by molar-refractivity contribution is -0.139. The summed E-state index contributed by atoms with van der Waals surface area (Å²) in [6, 6.07) is 13.4. The van der Waals surface area contributed by atoms with Crippen molar-refractivity contribution in [2.75, 3.05) is 30.6 Å². The minimum absolute atomic E-state index is 0.0161. The molecule has 2 amide bonds. The number of rotatable bonds is 11. The van der Waals surface area contributed by atoms with E-state index in [0.29, 0.717) is 18.9 Å². The maximum atomic E-state index is 14.6. The van der Waals surface area contributed by atoms with Gasteiger partial charge in [-0.3, -0.25) is 13.9 Å². The largest absolute Gasteiger partial charge is 0.486 e. The maximum Gasteiger partial charge on any atom is 0.264 e. The van der Waals surface area contributed by atoms with Gasteiger partial charge in [-0.15, -0.1) is 0 Å². The zero-order valence-electron chi connectivity index (χ0n) is 23.5. The number of ether oxygens (including phenoxy) is 2. The molecule has 0 radical (unpaired) electrons. The summed E-state index contributed by atoms with van der Waals surface area (Å²) >= 11 is 0. The van der Waals surface area contributed by atoms with Gasteiger partial charge in [0.1, 0.15) is 37.4 Å². The predicted octanol–water partition coefficient (Wildman–Crippen LogP) is 4.12. The quantitative estimate of drug-likeness (QED) is 0.355. The lowest BCUT2D eigenvalue weighted by Crippen LogP contribution is -2.51. The van der Waals surface area contributed by atoms with E-state index in [1.165, 1.54) is 55.5 Å². The molecule has 1 N–H and O–H groups in total. The zero-order chi connectivity index (χ0) is 30.4. The highest BCUT2D eigenvalue weighted by Gasteiger charge is 2.33. The molecular weight excluding hydrogens is 568 g/mol. The van der Waals surface area contributed by atoms with Gasteiger partial charge in [-0.1, -0.05) is 32.0 Å². The van der Waals surface area contributed by atoms with Crippen LogP contribution >= 0.6 is 0 Å². The van der Waals surface area contributed by atoms with Crippen molar-refractivity contribution in [3.63, 3.8) is 0 Å². The van der Waals surface area contributed by atoms with Gasteiger partial charge in [-0.25, -0.2) is 17.2 Å². The number of halogens is 2. The van der Waals surface area contributed by atoms with Crippen LogP contribution in [0.1, 0.15) is 26.3 Å². The second kappa shape index (κ2) is 13.2. The molecule has 1 heterocycles. The standard InChI is InChI=1S/C30H33F2N3O6S/c1-20(2)17-33-30(37)21(3)34(18-22-6-4-5-7-26(22)32)29(36)19-35(24-10-8-23(31)9-11-24)42(38,39)25-12-13-27-28(16-25)41-15-14-40-27/h4-13,16,20-21H,14-15,17-19H2,1-3H3,(H,33,37)/t21-/m1/s1. The highest BCUT2D eigenvalue weighted by Crippen LogP contribution is 2.34. The van der Waals surface area contributed by atoms with E-state index in [0.717, 1.165) is 21.3 Å². The summed E-state index contributed by atoms with van der Waals surface area (Å²) in [5.74, 6) is -1.68. The van der Waals surface area contributed by atoms with Gasteiger partial charge in [-0.05, 0) is 55.3 Å². The van der Waals surface area contributed by atoms with E-state index in [9.17, 15) is 26.8 Å². The van der Waals surface area contributed by atoms with E-state index in [4.69, 9.17) is 9.47 Å². The zero-order valence-corrected chi connectivity index (χ0v) is 24.4. The lowest BCUT2D eigenvalue weighted by atomic mass is 10.1. The third-order valence-corrected chi connectivity index (χ3v) is 8.42. The molecule has 0 unspecified atom stereocenters. The van der Waals surface area contributed by atoms with Crippen molar-refractivity contribution < 1.29 is 36.3 Å². The number of nitrogens with zero attached hydrogens (tertiary/aromatic N) is 2. The average molecular weight is 602 g/mol. The SMILES string of the molecule is CC(C)CNC(=O)[C@@H](C)N(Cc1ccccc1F)C(=O)CN(c1ccc(F)cc1)S(=O)(=O)c1ccc2c(c1)OCCO2. The Morgan fingerprint density at radius 2 is 1.60 bits per heavy atom. The second-order valence-corrected chi connectivity index (χ2v) is 12.1. The van der Waals surface area contributed by atoms with Crippen LogP contribution in [0.3, 0.4) is 0 Å². The monoisotopic (exact) mass is 601 g/mol. The van der Waals surface area contributed by atoms with Crippen molar-refractivity contribution in [2.45, 2.75) is 38.3 Å². The second-order valence-electron chi connectivity index (χ2n) is 10.2. The van der Waals surface area contributed by atoms with Crippen molar-refractivity contribution in [2.24, 2.45) is 5.92 Å². The van der Waals surface area contributed by atoms with Gasteiger partial charge in [0.05, 0.1) is 10.6 Å². The molecule has 0 spiro atoms. The highest BCUT2D eigenvalue weighted by atomic mass is 32.2. The molecular formula is C30H33F2N3O6S. The number of amides is 2. The summed E-state index contributed by atoms with van der Waals surface area (Å²) in [4.78, 5) is 27.9. The number of sulfonamides is 1. The molecule has 1 aliphatic heterocycles. The number of nitrogens with one attached hydrogen (secondary N) is 1. The fourth-order valence-corrected chi connectivity index (χ4v) is 5.72. The van der Waals surface area contributed by atoms with E-state index in [-0.39, 0.29) is 41.0 Å². The number of hydrogen-bond donors (Lipinski definition) is 1. The molecule has 0 saturated heterocycles. The van der Waals surface area contributed by atoms with Crippen LogP contribution in [0.2, 0.25) is 0 Å². The molecule has 0 aliphatic carbocycles. The average Bonchev–Trinajstić information content (AvgIpc) is 2.98. The molecule has 1 atom stereocenters. The first-order valence-electron chi connectivity index (χ1n) is 13.5. The van der Waals surface area contributed by atoms with Gasteiger partial charge in [0.15, 0.2) is 11.5 Å². The van der Waals surface area contributed by atoms with E-state index >= 15 is 0 Å². The van der Waals surface area contributed by atoms with Crippen molar-refractivity contribution in [1.29, 1.82) is 0 Å². The van der Waals surface area contributed by atoms with Crippen LogP contribution in [-0.2, 0) is 26.2 Å². The van der Waals surface area contributed by atoms with Crippen LogP contribution in [0.5, 0.6) is 11.5 Å². The van der Waals surface area contributed by atoms with Crippen LogP contribution < -0.4 is 19.1 Å². The molecule has 3 aromatic carbocycles. The van der Waals surface area contributed by atoms with Crippen LogP contribution in [0.15, 0.2) is 71.6 Å². The van der Waals surface area contributed by atoms with Gasteiger partial charge in [-0.2, -0.15) is 0 Å². The molecule has 12 heteroatoms. The number of hydrogen-bond acceptors (Lipinski definition) is 6. The third kappa shape index (κ3) is 7.17. The lowest BCUT2D eigenvalue weighted by Gasteiger charge is -2.32. The van der Waals surface area contributed by atoms with Gasteiger partial charge < -0.3 is 19.7 Å². The van der Waals surface area contributed by atoms with Crippen molar-refractivity contribution in [3.8, 4) is 11.5 Å². The van der Waals surface area contributed by atoms with Gasteiger partial charge in [0, 0.05) is 24.7 Å². The molecule has 0 bridgehead atoms. The Hall–Kier alpha value is -4.19. The number of fused-ring (bicyclic) bond motifs is 1. The summed E-state index contributed by atoms with van der Waals surface area (Å²) in [6.07, 6.45) is 0. The topological polar surface area (TPSA) is 105 Å². The van der Waals surface area contributed by atoms with Gasteiger partial charge >= 0.3 is 0 Å². The van der Waals surface area contributed by atoms with Crippen molar-refractivity contribution in [1.82, 2.24) is 10.2 Å². The minimum atomic E-state index is -4.42. The summed E-state index contributed by atoms with van der Waals surface area (Å²) in [5.41, 5.74) is 0.166. The van der Waals surface area contributed by atoms with E-state index < -0.39 is 46.1 Å². The first kappa shape index (κ1) is 30.8. The van der Waals surface area contributed by atoms with E-state index in [1.807, 2.05) is 13.8 Å². The Morgan fingerprint density at radius 1 is 0.929 bits per heavy atom. The molecule has 9 nitrogen and oxygen atoms in total. The molecule has 0 fully saturated rings. The molecule has 0 saturated carbocycles. The smallest absolute Gasteiger partial charge is 0.264 e. The highest BCUT2D eigenvalue weighted by molar-refractivity contribution is 7.92. The van der Waals surface area contributed by atoms with E-state index in [1.54, 1.807) is 6.07 Å². The predicted molar refractivity (Wildman–Crippen MR) is 153 cm³/mol. The maximum absolute atomic E-state index is 14.6. The molecule has 3 aromatic rings. The fraction of sp³-hybridized carbons (Fsp3) is 0.333. The Balaban J connectivity index is 1.71. The van der Waals surface area contributed by atoms with Gasteiger partial charge in [0.25, 0.3) is 10.0 Å². The summed E-state index contributed by atoms with van der Waals surface area (Å²) in [5, 5.41) is 2.77. The molecule has 224 valence electrons. The Labute approximate surface area is 244 Å². The summed E-state index contributed by atoms with van der Waals surface area (Å²) in [6.45, 7) is 5.18. The van der Waals surface area contributed by atoms with Gasteiger partial charge in [0.2, 0.25) is 11.8 Å². The minimum Gasteiger partial charge on any atom is -0.486 e. The first-order chi connectivity index (χ1) is 20.0. The van der Waals surface area contributed by atoms with Crippen LogP contribution in [-0.4, -0.2) is 57.5 Å². The fourth-order valence-electron chi connectivity index (χ4n) is 4.29. The number of carbonyl (C=O) groups is 2. The summed E-state index contributed by atoms with van der Waals surface area (Å²) < 4.78 is 68.3. The number of anilines is 1. The van der Waals surface area contributed by atoms with Crippen LogP contribution in [0.25, 0.3) is 0 Å². The Bertz CT molecular complexity index is 1530. The Morgan fingerprint density at radius 3 is 2.26 bits per heavy atom. The van der Waals surface area contributed by atoms with Crippen molar-refractivity contribution in [3.05, 3.63) is 83.9 Å². The molecule has 4 rings (SSSR count). The Kier molecular flexibility index (Phi) is 9.66. The number of benzene rings is 3. The van der Waals surface area contributed by atoms with Crippen LogP contribution in [0.4, 0.5) is 14.5 Å². The normalized spacial score (nSPS) is 13.4. The van der Waals surface area contributed by atoms with Crippen LogP contribution in [0, 0.1) is 17.6 Å².